The number of amides is 1. The minimum atomic E-state index is -0.307. The van der Waals surface area contributed by atoms with Gasteiger partial charge in [-0.2, -0.15) is 0 Å². The van der Waals surface area contributed by atoms with Crippen LogP contribution >= 0.6 is 0 Å². The van der Waals surface area contributed by atoms with Crippen LogP contribution in [0, 0.1) is 5.82 Å². The number of nitrogens with one attached hydrogen (secondary N) is 2. The molecule has 0 aromatic heterocycles. The molecule has 0 bridgehead atoms. The molecule has 0 aliphatic carbocycles. The molecule has 2 N–H and O–H groups in total. The highest BCUT2D eigenvalue weighted by Gasteiger charge is 2.07. The summed E-state index contributed by atoms with van der Waals surface area (Å²) in [6, 6.07) is 13.2. The first-order valence-corrected chi connectivity index (χ1v) is 7.70. The van der Waals surface area contributed by atoms with E-state index < -0.39 is 0 Å². The van der Waals surface area contributed by atoms with Gasteiger partial charge in [-0.25, -0.2) is 4.39 Å². The topological polar surface area (TPSA) is 50.4 Å². The number of para-hydroxylation sites is 2. The normalized spacial score (nSPS) is 10.2. The first-order chi connectivity index (χ1) is 11.2. The van der Waals surface area contributed by atoms with Gasteiger partial charge in [0.1, 0.15) is 11.6 Å². The average Bonchev–Trinajstić information content (AvgIpc) is 2.56. The number of carbonyl (C=O) groups is 1. The fourth-order valence-electron chi connectivity index (χ4n) is 1.97. The minimum Gasteiger partial charge on any atom is -0.491 e. The van der Waals surface area contributed by atoms with Crippen molar-refractivity contribution in [2.75, 3.05) is 23.8 Å². The van der Waals surface area contributed by atoms with Gasteiger partial charge in [0.15, 0.2) is 0 Å². The Labute approximate surface area is 135 Å². The lowest BCUT2D eigenvalue weighted by atomic mass is 10.3. The van der Waals surface area contributed by atoms with E-state index in [1.54, 1.807) is 18.2 Å². The summed E-state index contributed by atoms with van der Waals surface area (Å²) in [7, 11) is 0. The van der Waals surface area contributed by atoms with Gasteiger partial charge in [-0.05, 0) is 42.8 Å². The van der Waals surface area contributed by atoms with Gasteiger partial charge in [0.25, 0.3) is 0 Å². The third-order valence-corrected chi connectivity index (χ3v) is 3.21. The van der Waals surface area contributed by atoms with Gasteiger partial charge in [-0.1, -0.05) is 25.5 Å². The van der Waals surface area contributed by atoms with Crippen molar-refractivity contribution in [1.82, 2.24) is 0 Å². The van der Waals surface area contributed by atoms with Crippen LogP contribution in [0.1, 0.15) is 19.8 Å². The van der Waals surface area contributed by atoms with Crippen LogP contribution in [-0.2, 0) is 4.79 Å². The van der Waals surface area contributed by atoms with Crippen molar-refractivity contribution in [2.24, 2.45) is 0 Å². The molecule has 2 rings (SSSR count). The van der Waals surface area contributed by atoms with Gasteiger partial charge >= 0.3 is 0 Å². The van der Waals surface area contributed by atoms with E-state index in [2.05, 4.69) is 17.6 Å². The van der Waals surface area contributed by atoms with E-state index in [9.17, 15) is 9.18 Å². The van der Waals surface area contributed by atoms with Gasteiger partial charge in [0, 0.05) is 5.69 Å². The van der Waals surface area contributed by atoms with Gasteiger partial charge in [0.05, 0.1) is 18.8 Å². The largest absolute Gasteiger partial charge is 0.491 e. The fraction of sp³-hybridized carbons (Fsp3) is 0.278. The predicted octanol–water partition coefficient (Wildman–Crippen LogP) is 4.06. The first-order valence-electron chi connectivity index (χ1n) is 7.70. The molecule has 0 saturated carbocycles. The zero-order chi connectivity index (χ0) is 16.5. The number of rotatable bonds is 8. The molecule has 5 heteroatoms. The Balaban J connectivity index is 1.88. The lowest BCUT2D eigenvalue weighted by Crippen LogP contribution is -2.22. The molecule has 0 unspecified atom stereocenters. The molecule has 0 aliphatic heterocycles. The number of ether oxygens (including phenoxy) is 1. The summed E-state index contributed by atoms with van der Waals surface area (Å²) in [6.07, 6.45) is 2.02. The molecule has 0 radical (unpaired) electrons. The molecule has 2 aromatic carbocycles. The maximum atomic E-state index is 12.8. The molecule has 0 atom stereocenters. The summed E-state index contributed by atoms with van der Waals surface area (Å²) >= 11 is 0. The Morgan fingerprint density at radius 1 is 1.13 bits per heavy atom. The van der Waals surface area contributed by atoms with Crippen molar-refractivity contribution in [2.45, 2.75) is 19.8 Å². The molecule has 4 nitrogen and oxygen atoms in total. The van der Waals surface area contributed by atoms with E-state index >= 15 is 0 Å². The highest BCUT2D eigenvalue weighted by atomic mass is 19.1. The lowest BCUT2D eigenvalue weighted by Gasteiger charge is -2.13. The molecule has 0 spiro atoms. The summed E-state index contributed by atoms with van der Waals surface area (Å²) in [4.78, 5) is 12.0. The number of anilines is 2. The van der Waals surface area contributed by atoms with Crippen LogP contribution in [0.25, 0.3) is 0 Å². The molecule has 0 heterocycles. The van der Waals surface area contributed by atoms with Gasteiger partial charge in [0.2, 0.25) is 5.91 Å². The Morgan fingerprint density at radius 3 is 2.61 bits per heavy atom. The maximum Gasteiger partial charge on any atom is 0.243 e. The van der Waals surface area contributed by atoms with Crippen LogP contribution in [-0.4, -0.2) is 19.1 Å². The summed E-state index contributed by atoms with van der Waals surface area (Å²) in [5.41, 5.74) is 1.34. The third kappa shape index (κ3) is 5.62. The zero-order valence-electron chi connectivity index (χ0n) is 13.1. The minimum absolute atomic E-state index is 0.0922. The Bertz CT molecular complexity index is 629. The smallest absolute Gasteiger partial charge is 0.243 e. The molecule has 2 aromatic rings. The predicted molar refractivity (Wildman–Crippen MR) is 90.4 cm³/mol. The van der Waals surface area contributed by atoms with E-state index in [1.165, 1.54) is 12.1 Å². The van der Waals surface area contributed by atoms with Crippen LogP contribution in [0.5, 0.6) is 5.75 Å². The first kappa shape index (κ1) is 16.8. The Hall–Kier alpha value is -2.56. The Morgan fingerprint density at radius 2 is 1.87 bits per heavy atom. The maximum absolute atomic E-state index is 12.8. The quantitative estimate of drug-likeness (QED) is 0.722. The van der Waals surface area contributed by atoms with Crippen molar-refractivity contribution >= 4 is 17.3 Å². The van der Waals surface area contributed by atoms with E-state index in [4.69, 9.17) is 4.74 Å². The number of hydrogen-bond donors (Lipinski definition) is 2. The molecular weight excluding hydrogens is 295 g/mol. The zero-order valence-corrected chi connectivity index (χ0v) is 13.1. The number of hydrogen-bond acceptors (Lipinski definition) is 3. The fourth-order valence-corrected chi connectivity index (χ4v) is 1.97. The van der Waals surface area contributed by atoms with Crippen molar-refractivity contribution < 1.29 is 13.9 Å². The van der Waals surface area contributed by atoms with E-state index in [-0.39, 0.29) is 18.3 Å². The highest BCUT2D eigenvalue weighted by molar-refractivity contribution is 5.95. The van der Waals surface area contributed by atoms with Gasteiger partial charge in [-0.15, -0.1) is 0 Å². The molecule has 23 heavy (non-hydrogen) atoms. The molecular formula is C18H21FN2O2. The van der Waals surface area contributed by atoms with Crippen molar-refractivity contribution in [3.63, 3.8) is 0 Å². The SMILES string of the molecule is CCCCOc1ccccc1NC(=O)CNc1ccc(F)cc1. The van der Waals surface area contributed by atoms with Crippen LogP contribution in [0.3, 0.4) is 0 Å². The van der Waals surface area contributed by atoms with E-state index in [0.29, 0.717) is 23.7 Å². The summed E-state index contributed by atoms with van der Waals surface area (Å²) in [6.45, 7) is 2.81. The second-order valence-electron chi connectivity index (χ2n) is 5.11. The summed E-state index contributed by atoms with van der Waals surface area (Å²) < 4.78 is 18.5. The van der Waals surface area contributed by atoms with Crippen molar-refractivity contribution in [3.05, 3.63) is 54.3 Å². The molecule has 1 amide bonds. The average molecular weight is 316 g/mol. The molecule has 122 valence electrons. The second-order valence-corrected chi connectivity index (χ2v) is 5.11. The Kier molecular flexibility index (Phi) is 6.41. The van der Waals surface area contributed by atoms with Crippen molar-refractivity contribution in [1.29, 1.82) is 0 Å². The molecule has 0 aliphatic rings. The van der Waals surface area contributed by atoms with Crippen LogP contribution in [0.2, 0.25) is 0 Å². The highest BCUT2D eigenvalue weighted by Crippen LogP contribution is 2.23. The third-order valence-electron chi connectivity index (χ3n) is 3.21. The number of halogens is 1. The monoisotopic (exact) mass is 316 g/mol. The number of carbonyl (C=O) groups excluding carboxylic acids is 1. The lowest BCUT2D eigenvalue weighted by molar-refractivity contribution is -0.114. The van der Waals surface area contributed by atoms with Gasteiger partial charge < -0.3 is 15.4 Å². The summed E-state index contributed by atoms with van der Waals surface area (Å²) in [5.74, 6) is 0.162. The van der Waals surface area contributed by atoms with Crippen LogP contribution in [0.15, 0.2) is 48.5 Å². The van der Waals surface area contributed by atoms with Crippen LogP contribution < -0.4 is 15.4 Å². The van der Waals surface area contributed by atoms with Crippen LogP contribution in [0.4, 0.5) is 15.8 Å². The van der Waals surface area contributed by atoms with E-state index in [1.807, 2.05) is 18.2 Å². The standard InChI is InChI=1S/C18H21FN2O2/c1-2-3-12-23-17-7-5-4-6-16(17)21-18(22)13-20-15-10-8-14(19)9-11-15/h4-11,20H,2-3,12-13H2,1H3,(H,21,22). The number of unbranched alkanes of at least 4 members (excludes halogenated alkanes) is 1. The van der Waals surface area contributed by atoms with Gasteiger partial charge in [-0.3, -0.25) is 4.79 Å². The molecule has 0 fully saturated rings. The molecule has 0 saturated heterocycles. The number of benzene rings is 2. The van der Waals surface area contributed by atoms with E-state index in [0.717, 1.165) is 12.8 Å². The van der Waals surface area contributed by atoms with Crippen molar-refractivity contribution in [3.8, 4) is 5.75 Å². The summed E-state index contributed by atoms with van der Waals surface area (Å²) in [5, 5.41) is 5.76. The second kappa shape index (κ2) is 8.78.